The van der Waals surface area contributed by atoms with E-state index in [1.807, 2.05) is 6.08 Å². The van der Waals surface area contributed by atoms with E-state index in [0.29, 0.717) is 75.4 Å². The van der Waals surface area contributed by atoms with Gasteiger partial charge in [0.15, 0.2) is 5.78 Å². The van der Waals surface area contributed by atoms with Gasteiger partial charge in [0.2, 0.25) is 5.91 Å². The van der Waals surface area contributed by atoms with Crippen LogP contribution in [0.25, 0.3) is 0 Å². The average Bonchev–Trinajstić information content (AvgIpc) is 3.62. The van der Waals surface area contributed by atoms with Crippen LogP contribution < -0.4 is 5.32 Å². The highest BCUT2D eigenvalue weighted by molar-refractivity contribution is 6.01. The Labute approximate surface area is 305 Å². The minimum Gasteiger partial charge on any atom is -0.462 e. The lowest BCUT2D eigenvalue weighted by Gasteiger charge is -2.57. The average molecular weight is 733 g/mol. The minimum absolute atomic E-state index is 0.0337. The van der Waals surface area contributed by atoms with E-state index in [9.17, 15) is 28.8 Å². The molecule has 3 saturated carbocycles. The van der Waals surface area contributed by atoms with Gasteiger partial charge in [0.25, 0.3) is 11.8 Å². The van der Waals surface area contributed by atoms with Gasteiger partial charge in [-0.05, 0) is 74.2 Å². The molecule has 290 valence electrons. The maximum absolute atomic E-state index is 12.8. The SMILES string of the molecule is CC12CCC(=O)C=C1CCC1C2CCC2(C)C(OC(=O)CCC(=O)NCCOCCOCCOCCOCCC(=O)ON3C(=O)CCC3=O)CCC12. The zero-order valence-corrected chi connectivity index (χ0v) is 30.8. The fourth-order valence-electron chi connectivity index (χ4n) is 9.21. The fraction of sp³-hybridized carbons (Fsp3) is 0.789. The van der Waals surface area contributed by atoms with Crippen LogP contribution in [0.4, 0.5) is 0 Å². The van der Waals surface area contributed by atoms with Crippen molar-refractivity contribution in [3.8, 4) is 0 Å². The van der Waals surface area contributed by atoms with Crippen molar-refractivity contribution in [3.05, 3.63) is 11.6 Å². The summed E-state index contributed by atoms with van der Waals surface area (Å²) in [5, 5.41) is 3.30. The van der Waals surface area contributed by atoms with Gasteiger partial charge in [-0.15, -0.1) is 5.06 Å². The second-order valence-electron chi connectivity index (χ2n) is 15.2. The number of esters is 1. The molecule has 6 atom stereocenters. The van der Waals surface area contributed by atoms with Gasteiger partial charge in [-0.3, -0.25) is 24.0 Å². The van der Waals surface area contributed by atoms with Gasteiger partial charge in [0.05, 0.1) is 65.7 Å². The Balaban J connectivity index is 0.830. The van der Waals surface area contributed by atoms with E-state index in [4.69, 9.17) is 28.5 Å². The number of ether oxygens (including phenoxy) is 5. The highest BCUT2D eigenvalue weighted by Crippen LogP contribution is 2.65. The molecule has 4 aliphatic carbocycles. The van der Waals surface area contributed by atoms with E-state index in [1.165, 1.54) is 5.57 Å². The summed E-state index contributed by atoms with van der Waals surface area (Å²) in [6.45, 7) is 7.42. The van der Waals surface area contributed by atoms with Crippen LogP contribution in [0.1, 0.15) is 97.3 Å². The third-order valence-corrected chi connectivity index (χ3v) is 12.0. The number of hydrogen-bond acceptors (Lipinski definition) is 12. The number of nitrogens with one attached hydrogen (secondary N) is 1. The second kappa shape index (κ2) is 18.7. The van der Waals surface area contributed by atoms with Crippen LogP contribution in [0.15, 0.2) is 11.6 Å². The molecule has 3 amide bonds. The molecule has 1 aliphatic heterocycles. The molecular formula is C38H56N2O12. The molecule has 0 bridgehead atoms. The van der Waals surface area contributed by atoms with Crippen molar-refractivity contribution in [1.82, 2.24) is 10.4 Å². The van der Waals surface area contributed by atoms with Crippen molar-refractivity contribution in [3.63, 3.8) is 0 Å². The summed E-state index contributed by atoms with van der Waals surface area (Å²) in [7, 11) is 0. The van der Waals surface area contributed by atoms with E-state index < -0.39 is 17.8 Å². The number of carbonyl (C=O) groups is 6. The van der Waals surface area contributed by atoms with Crippen molar-refractivity contribution in [2.24, 2.45) is 28.6 Å². The fourth-order valence-corrected chi connectivity index (χ4v) is 9.21. The van der Waals surface area contributed by atoms with E-state index in [1.54, 1.807) is 0 Å². The summed E-state index contributed by atoms with van der Waals surface area (Å²) < 4.78 is 27.7. The number of hydroxylamine groups is 2. The first kappa shape index (κ1) is 40.0. The summed E-state index contributed by atoms with van der Waals surface area (Å²) in [5.41, 5.74) is 1.46. The molecule has 0 aromatic heterocycles. The van der Waals surface area contributed by atoms with Crippen LogP contribution in [0.3, 0.4) is 0 Å². The predicted octanol–water partition coefficient (Wildman–Crippen LogP) is 3.39. The molecule has 0 aromatic rings. The Morgan fingerprint density at radius 3 is 2.06 bits per heavy atom. The van der Waals surface area contributed by atoms with Gasteiger partial charge in [-0.1, -0.05) is 19.4 Å². The largest absolute Gasteiger partial charge is 0.462 e. The van der Waals surface area contributed by atoms with Gasteiger partial charge in [0, 0.05) is 37.6 Å². The number of ketones is 1. The van der Waals surface area contributed by atoms with Crippen molar-refractivity contribution in [1.29, 1.82) is 0 Å². The number of hydrogen-bond donors (Lipinski definition) is 1. The van der Waals surface area contributed by atoms with Crippen molar-refractivity contribution in [2.75, 3.05) is 59.4 Å². The van der Waals surface area contributed by atoms with Gasteiger partial charge >= 0.3 is 11.9 Å². The second-order valence-corrected chi connectivity index (χ2v) is 15.2. The number of carbonyl (C=O) groups excluding carboxylic acids is 6. The van der Waals surface area contributed by atoms with Crippen LogP contribution in [-0.2, 0) is 57.3 Å². The zero-order chi connectivity index (χ0) is 37.1. The molecule has 1 saturated heterocycles. The smallest absolute Gasteiger partial charge is 0.335 e. The molecule has 4 fully saturated rings. The number of fused-ring (bicyclic) bond motifs is 5. The first-order valence-electron chi connectivity index (χ1n) is 19.1. The Bertz CT molecular complexity index is 1330. The van der Waals surface area contributed by atoms with Crippen LogP contribution in [-0.4, -0.2) is 106 Å². The Morgan fingerprint density at radius 2 is 1.37 bits per heavy atom. The monoisotopic (exact) mass is 732 g/mol. The topological polar surface area (TPSA) is 173 Å². The molecule has 1 N–H and O–H groups in total. The molecular weight excluding hydrogens is 676 g/mol. The number of allylic oxidation sites excluding steroid dienone is 1. The summed E-state index contributed by atoms with van der Waals surface area (Å²) in [4.78, 5) is 76.6. The highest BCUT2D eigenvalue weighted by Gasteiger charge is 2.60. The van der Waals surface area contributed by atoms with Crippen molar-refractivity contribution in [2.45, 2.75) is 103 Å². The molecule has 0 radical (unpaired) electrons. The highest BCUT2D eigenvalue weighted by atomic mass is 16.7. The van der Waals surface area contributed by atoms with Gasteiger partial charge in [0.1, 0.15) is 6.10 Å². The quantitative estimate of drug-likeness (QED) is 0.110. The molecule has 1 heterocycles. The van der Waals surface area contributed by atoms with E-state index in [-0.39, 0.29) is 79.9 Å². The molecule has 0 aromatic carbocycles. The minimum atomic E-state index is -0.713. The van der Waals surface area contributed by atoms with Gasteiger partial charge in [-0.25, -0.2) is 4.79 Å². The van der Waals surface area contributed by atoms with Gasteiger partial charge < -0.3 is 33.8 Å². The predicted molar refractivity (Wildman–Crippen MR) is 184 cm³/mol. The molecule has 14 heteroatoms. The maximum Gasteiger partial charge on any atom is 0.335 e. The first-order valence-corrected chi connectivity index (χ1v) is 19.1. The summed E-state index contributed by atoms with van der Waals surface area (Å²) in [5.74, 6) is -0.274. The Kier molecular flexibility index (Phi) is 14.4. The molecule has 6 unspecified atom stereocenters. The maximum atomic E-state index is 12.8. The molecule has 52 heavy (non-hydrogen) atoms. The Hall–Kier alpha value is -3.20. The number of rotatable bonds is 20. The molecule has 5 rings (SSSR count). The summed E-state index contributed by atoms with van der Waals surface area (Å²) in [6.07, 6.45) is 9.79. The van der Waals surface area contributed by atoms with Crippen molar-refractivity contribution < 1.29 is 57.3 Å². The molecule has 5 aliphatic rings. The van der Waals surface area contributed by atoms with E-state index in [2.05, 4.69) is 19.2 Å². The third kappa shape index (κ3) is 10.1. The summed E-state index contributed by atoms with van der Waals surface area (Å²) >= 11 is 0. The normalized spacial score (nSPS) is 29.6. The first-order chi connectivity index (χ1) is 25.0. The summed E-state index contributed by atoms with van der Waals surface area (Å²) in [6, 6.07) is 0. The van der Waals surface area contributed by atoms with Crippen LogP contribution in [0, 0.1) is 28.6 Å². The molecule has 0 spiro atoms. The standard InChI is InChI=1S/C38H56N2O12/c1-37-14-11-27(41)25-26(37)3-4-28-29-5-6-31(38(29,2)15-12-30(28)37)51-35(45)10-7-32(42)39-16-18-48-20-22-50-24-23-49-21-19-47-17-13-36(46)52-40-33(43)8-9-34(40)44/h25,28-31H,3-24H2,1-2H3,(H,39,42). The van der Waals surface area contributed by atoms with Crippen LogP contribution >= 0.6 is 0 Å². The number of imide groups is 1. The lowest BCUT2D eigenvalue weighted by molar-refractivity contribution is -0.198. The van der Waals surface area contributed by atoms with Crippen LogP contribution in [0.2, 0.25) is 0 Å². The number of nitrogens with zero attached hydrogens (tertiary/aromatic N) is 1. The van der Waals surface area contributed by atoms with E-state index in [0.717, 1.165) is 44.9 Å². The lowest BCUT2D eigenvalue weighted by Crippen LogP contribution is -2.51. The Morgan fingerprint density at radius 1 is 0.712 bits per heavy atom. The van der Waals surface area contributed by atoms with Crippen LogP contribution in [0.5, 0.6) is 0 Å². The van der Waals surface area contributed by atoms with Gasteiger partial charge in [-0.2, -0.15) is 0 Å². The lowest BCUT2D eigenvalue weighted by atomic mass is 9.47. The third-order valence-electron chi connectivity index (χ3n) is 12.0. The van der Waals surface area contributed by atoms with Crippen molar-refractivity contribution >= 4 is 35.4 Å². The zero-order valence-electron chi connectivity index (χ0n) is 30.8. The van der Waals surface area contributed by atoms with E-state index >= 15 is 0 Å². The molecule has 14 nitrogen and oxygen atoms in total. The number of amides is 3.